The van der Waals surface area contributed by atoms with Crippen molar-refractivity contribution in [2.75, 3.05) is 26.7 Å². The van der Waals surface area contributed by atoms with Crippen LogP contribution in [0.2, 0.25) is 0 Å². The predicted octanol–water partition coefficient (Wildman–Crippen LogP) is 2.04. The minimum absolute atomic E-state index is 0.245. The molecule has 2 rings (SSSR count). The van der Waals surface area contributed by atoms with Crippen LogP contribution >= 0.6 is 0 Å². The Balaban J connectivity index is 1.89. The van der Waals surface area contributed by atoms with Crippen molar-refractivity contribution >= 4 is 16.0 Å². The van der Waals surface area contributed by atoms with E-state index in [0.29, 0.717) is 25.6 Å². The first-order chi connectivity index (χ1) is 13.5. The monoisotopic (exact) mass is 404 g/mol. The fourth-order valence-corrected chi connectivity index (χ4v) is 3.54. The lowest BCUT2D eigenvalue weighted by molar-refractivity contribution is 0.410. The lowest BCUT2D eigenvalue weighted by Crippen LogP contribution is -2.41. The number of aliphatic imine (C=N–C) groups is 1. The normalized spacial score (nSPS) is 11.9. The van der Waals surface area contributed by atoms with Crippen LogP contribution in [0.15, 0.2) is 58.4 Å². The topological polar surface area (TPSA) is 91.8 Å². The van der Waals surface area contributed by atoms with Gasteiger partial charge < -0.3 is 15.4 Å². The Morgan fingerprint density at radius 1 is 1.04 bits per heavy atom. The Morgan fingerprint density at radius 3 is 2.43 bits per heavy atom. The van der Waals surface area contributed by atoms with Crippen LogP contribution in [0, 0.1) is 6.92 Å². The molecule has 2 aromatic rings. The van der Waals surface area contributed by atoms with Crippen molar-refractivity contribution in [1.82, 2.24) is 15.4 Å². The highest BCUT2D eigenvalue weighted by Gasteiger charge is 2.12. The molecular weight excluding hydrogens is 376 g/mol. The molecular formula is C20H28N4O3S. The lowest BCUT2D eigenvalue weighted by atomic mass is 10.2. The molecule has 3 N–H and O–H groups in total. The van der Waals surface area contributed by atoms with E-state index in [2.05, 4.69) is 20.3 Å². The molecule has 28 heavy (non-hydrogen) atoms. The van der Waals surface area contributed by atoms with Crippen molar-refractivity contribution in [3.63, 3.8) is 0 Å². The number of ether oxygens (including phenoxy) is 1. The van der Waals surface area contributed by atoms with Crippen molar-refractivity contribution in [3.05, 3.63) is 59.7 Å². The number of hydrogen-bond donors (Lipinski definition) is 3. The highest BCUT2D eigenvalue weighted by atomic mass is 32.2. The van der Waals surface area contributed by atoms with Gasteiger partial charge in [0.2, 0.25) is 10.0 Å². The molecule has 0 aromatic heterocycles. The smallest absolute Gasteiger partial charge is 0.240 e. The van der Waals surface area contributed by atoms with E-state index in [1.165, 1.54) is 0 Å². The number of para-hydroxylation sites is 1. The van der Waals surface area contributed by atoms with Gasteiger partial charge in [0, 0.05) is 25.2 Å². The minimum Gasteiger partial charge on any atom is -0.496 e. The Labute approximate surface area is 167 Å². The van der Waals surface area contributed by atoms with Gasteiger partial charge in [-0.15, -0.1) is 0 Å². The van der Waals surface area contributed by atoms with Crippen LogP contribution in [0.5, 0.6) is 5.75 Å². The van der Waals surface area contributed by atoms with Crippen LogP contribution in [0.3, 0.4) is 0 Å². The molecule has 2 aromatic carbocycles. The number of rotatable bonds is 9. The molecule has 7 nitrogen and oxygen atoms in total. The van der Waals surface area contributed by atoms with E-state index >= 15 is 0 Å². The number of benzene rings is 2. The number of hydrogen-bond acceptors (Lipinski definition) is 4. The first-order valence-corrected chi connectivity index (χ1v) is 10.6. The van der Waals surface area contributed by atoms with Gasteiger partial charge in [-0.25, -0.2) is 18.1 Å². The van der Waals surface area contributed by atoms with E-state index in [1.54, 1.807) is 31.4 Å². The van der Waals surface area contributed by atoms with Crippen LogP contribution in [0.25, 0.3) is 0 Å². The fourth-order valence-electron chi connectivity index (χ4n) is 2.51. The van der Waals surface area contributed by atoms with Gasteiger partial charge in [-0.2, -0.15) is 0 Å². The van der Waals surface area contributed by atoms with Gasteiger partial charge in [0.1, 0.15) is 5.75 Å². The molecule has 0 amide bonds. The van der Waals surface area contributed by atoms with E-state index in [0.717, 1.165) is 16.9 Å². The molecule has 0 fully saturated rings. The standard InChI is InChI=1S/C20H28N4O3S/c1-4-21-20(23-15-17-7-5-6-8-19(17)27-3)22-13-14-24-28(25,26)18-11-9-16(2)10-12-18/h5-12,24H,4,13-15H2,1-3H3,(H2,21,22,23). The van der Waals surface area contributed by atoms with Crippen molar-refractivity contribution in [1.29, 1.82) is 0 Å². The lowest BCUT2D eigenvalue weighted by Gasteiger charge is -2.13. The first kappa shape index (κ1) is 21.7. The summed E-state index contributed by atoms with van der Waals surface area (Å²) in [5, 5.41) is 6.28. The molecule has 0 saturated carbocycles. The number of nitrogens with zero attached hydrogens (tertiary/aromatic N) is 1. The quantitative estimate of drug-likeness (QED) is 0.338. The van der Waals surface area contributed by atoms with E-state index in [1.807, 2.05) is 38.1 Å². The van der Waals surface area contributed by atoms with Gasteiger partial charge in [-0.05, 0) is 32.0 Å². The number of aryl methyl sites for hydroxylation is 1. The summed E-state index contributed by atoms with van der Waals surface area (Å²) in [6, 6.07) is 14.5. The average Bonchev–Trinajstić information content (AvgIpc) is 2.69. The second kappa shape index (κ2) is 10.7. The summed E-state index contributed by atoms with van der Waals surface area (Å²) >= 11 is 0. The van der Waals surface area contributed by atoms with Crippen molar-refractivity contribution in [2.24, 2.45) is 4.99 Å². The summed E-state index contributed by atoms with van der Waals surface area (Å²) in [5.41, 5.74) is 1.99. The molecule has 0 saturated heterocycles. The zero-order valence-corrected chi connectivity index (χ0v) is 17.3. The summed E-state index contributed by atoms with van der Waals surface area (Å²) in [6.07, 6.45) is 0. The predicted molar refractivity (Wildman–Crippen MR) is 112 cm³/mol. The number of nitrogens with one attached hydrogen (secondary N) is 3. The van der Waals surface area contributed by atoms with Crippen molar-refractivity contribution < 1.29 is 13.2 Å². The van der Waals surface area contributed by atoms with Gasteiger partial charge >= 0.3 is 0 Å². The second-order valence-corrected chi connectivity index (χ2v) is 7.91. The molecule has 0 aliphatic rings. The molecule has 8 heteroatoms. The average molecular weight is 405 g/mol. The van der Waals surface area contributed by atoms with Crippen LogP contribution in [0.1, 0.15) is 18.1 Å². The Kier molecular flexibility index (Phi) is 8.28. The van der Waals surface area contributed by atoms with Gasteiger partial charge in [-0.1, -0.05) is 35.9 Å². The van der Waals surface area contributed by atoms with Gasteiger partial charge in [0.25, 0.3) is 0 Å². The summed E-state index contributed by atoms with van der Waals surface area (Å²) in [5.74, 6) is 1.40. The van der Waals surface area contributed by atoms with Crippen LogP contribution < -0.4 is 20.1 Å². The molecule has 0 heterocycles. The third-order valence-corrected chi connectivity index (χ3v) is 5.46. The van der Waals surface area contributed by atoms with E-state index < -0.39 is 10.0 Å². The van der Waals surface area contributed by atoms with E-state index in [-0.39, 0.29) is 11.4 Å². The molecule has 0 aliphatic heterocycles. The highest BCUT2D eigenvalue weighted by molar-refractivity contribution is 7.89. The molecule has 152 valence electrons. The van der Waals surface area contributed by atoms with Crippen molar-refractivity contribution in [2.45, 2.75) is 25.3 Å². The molecule has 0 atom stereocenters. The maximum Gasteiger partial charge on any atom is 0.240 e. The van der Waals surface area contributed by atoms with Gasteiger partial charge in [-0.3, -0.25) is 0 Å². The molecule has 0 spiro atoms. The van der Waals surface area contributed by atoms with Gasteiger partial charge in [0.05, 0.1) is 18.6 Å². The van der Waals surface area contributed by atoms with E-state index in [9.17, 15) is 8.42 Å². The number of guanidine groups is 1. The Bertz CT molecular complexity index is 881. The molecule has 0 radical (unpaired) electrons. The van der Waals surface area contributed by atoms with Crippen LogP contribution in [0.4, 0.5) is 0 Å². The molecule has 0 bridgehead atoms. The third kappa shape index (κ3) is 6.54. The third-order valence-electron chi connectivity index (χ3n) is 3.99. The number of sulfonamides is 1. The molecule has 0 unspecified atom stereocenters. The summed E-state index contributed by atoms with van der Waals surface area (Å²) < 4.78 is 32.5. The van der Waals surface area contributed by atoms with Crippen LogP contribution in [-0.4, -0.2) is 41.1 Å². The zero-order chi connectivity index (χ0) is 20.4. The molecule has 0 aliphatic carbocycles. The Morgan fingerprint density at radius 2 is 1.75 bits per heavy atom. The Hall–Kier alpha value is -2.58. The summed E-state index contributed by atoms with van der Waals surface area (Å²) in [4.78, 5) is 4.79. The largest absolute Gasteiger partial charge is 0.496 e. The minimum atomic E-state index is -3.52. The summed E-state index contributed by atoms with van der Waals surface area (Å²) in [7, 11) is -1.89. The highest BCUT2D eigenvalue weighted by Crippen LogP contribution is 2.17. The zero-order valence-electron chi connectivity index (χ0n) is 16.5. The maximum atomic E-state index is 12.3. The first-order valence-electron chi connectivity index (χ1n) is 9.16. The van der Waals surface area contributed by atoms with Gasteiger partial charge in [0.15, 0.2) is 5.96 Å². The number of methoxy groups -OCH3 is 1. The van der Waals surface area contributed by atoms with E-state index in [4.69, 9.17) is 4.74 Å². The van der Waals surface area contributed by atoms with Crippen LogP contribution in [-0.2, 0) is 16.6 Å². The maximum absolute atomic E-state index is 12.3. The van der Waals surface area contributed by atoms with Crippen molar-refractivity contribution in [3.8, 4) is 5.75 Å². The fraction of sp³-hybridized carbons (Fsp3) is 0.350. The summed E-state index contributed by atoms with van der Waals surface area (Å²) in [6.45, 7) is 5.69. The second-order valence-electron chi connectivity index (χ2n) is 6.14. The SMILES string of the molecule is CCNC(=NCc1ccccc1OC)NCCNS(=O)(=O)c1ccc(C)cc1.